The SMILES string of the molecule is C[C@@H](CS(=O)(=O)CCCCCN1CC(=O)NC1=O)c1ccc(F)c(N2CCN(C)CC2)c1. The van der Waals surface area contributed by atoms with Gasteiger partial charge in [0.15, 0.2) is 9.84 Å². The normalized spacial score (nSPS) is 18.8. The summed E-state index contributed by atoms with van der Waals surface area (Å²) in [5.74, 6) is -0.713. The van der Waals surface area contributed by atoms with Crippen molar-refractivity contribution >= 4 is 27.5 Å². The quantitative estimate of drug-likeness (QED) is 0.416. The minimum atomic E-state index is -3.26. The van der Waals surface area contributed by atoms with Gasteiger partial charge in [0.25, 0.3) is 0 Å². The fraction of sp³-hybridized carbons (Fsp3) is 0.636. The monoisotopic (exact) mass is 468 g/mol. The summed E-state index contributed by atoms with van der Waals surface area (Å²) < 4.78 is 39.6. The minimum Gasteiger partial charge on any atom is -0.367 e. The highest BCUT2D eigenvalue weighted by atomic mass is 32.2. The Labute approximate surface area is 189 Å². The minimum absolute atomic E-state index is 0.0177. The fourth-order valence-corrected chi connectivity index (χ4v) is 5.92. The molecule has 178 valence electrons. The molecule has 1 aromatic carbocycles. The Morgan fingerprint density at radius 1 is 1.09 bits per heavy atom. The maximum atomic E-state index is 14.4. The van der Waals surface area contributed by atoms with E-state index in [1.165, 1.54) is 11.0 Å². The zero-order valence-electron chi connectivity index (χ0n) is 18.8. The number of amides is 3. The van der Waals surface area contributed by atoms with Crippen molar-refractivity contribution in [2.75, 3.05) is 62.7 Å². The summed E-state index contributed by atoms with van der Waals surface area (Å²) in [5, 5.41) is 2.22. The number of urea groups is 1. The first-order valence-corrected chi connectivity index (χ1v) is 13.0. The van der Waals surface area contributed by atoms with Gasteiger partial charge in [-0.25, -0.2) is 17.6 Å². The molecule has 0 bridgehead atoms. The third-order valence-corrected chi connectivity index (χ3v) is 8.06. The van der Waals surface area contributed by atoms with E-state index in [0.29, 0.717) is 31.5 Å². The summed E-state index contributed by atoms with van der Waals surface area (Å²) in [4.78, 5) is 28.3. The van der Waals surface area contributed by atoms with Crippen molar-refractivity contribution in [1.82, 2.24) is 15.1 Å². The van der Waals surface area contributed by atoms with E-state index in [1.807, 2.05) is 18.9 Å². The summed E-state index contributed by atoms with van der Waals surface area (Å²) in [6.45, 7) is 5.61. The number of hydrogen-bond donors (Lipinski definition) is 1. The first kappa shape index (κ1) is 24.4. The molecule has 3 amide bonds. The Morgan fingerprint density at radius 2 is 1.81 bits per heavy atom. The number of sulfone groups is 1. The Hall–Kier alpha value is -2.20. The molecule has 1 aromatic rings. The van der Waals surface area contributed by atoms with Crippen LogP contribution in [0, 0.1) is 5.82 Å². The molecule has 1 atom stereocenters. The first-order valence-electron chi connectivity index (χ1n) is 11.2. The number of piperazine rings is 1. The van der Waals surface area contributed by atoms with Gasteiger partial charge in [0.2, 0.25) is 5.91 Å². The highest BCUT2D eigenvalue weighted by Gasteiger charge is 2.26. The second-order valence-corrected chi connectivity index (χ2v) is 11.1. The van der Waals surface area contributed by atoms with Crippen LogP contribution in [0.5, 0.6) is 0 Å². The zero-order chi connectivity index (χ0) is 23.3. The largest absolute Gasteiger partial charge is 0.367 e. The van der Waals surface area contributed by atoms with Crippen LogP contribution in [0.15, 0.2) is 18.2 Å². The first-order chi connectivity index (χ1) is 15.1. The number of nitrogens with zero attached hydrogens (tertiary/aromatic N) is 3. The van der Waals surface area contributed by atoms with Gasteiger partial charge in [-0.3, -0.25) is 10.1 Å². The molecule has 0 saturated carbocycles. The lowest BCUT2D eigenvalue weighted by atomic mass is 10.0. The van der Waals surface area contributed by atoms with Crippen LogP contribution in [0.25, 0.3) is 0 Å². The molecule has 1 N–H and O–H groups in total. The number of imide groups is 1. The number of halogens is 1. The molecule has 2 aliphatic heterocycles. The van der Waals surface area contributed by atoms with Gasteiger partial charge in [-0.05, 0) is 43.5 Å². The maximum Gasteiger partial charge on any atom is 0.324 e. The lowest BCUT2D eigenvalue weighted by Crippen LogP contribution is -2.44. The number of rotatable bonds is 10. The Morgan fingerprint density at radius 3 is 2.47 bits per heavy atom. The van der Waals surface area contributed by atoms with Crippen LogP contribution in [0.3, 0.4) is 0 Å². The maximum absolute atomic E-state index is 14.4. The van der Waals surface area contributed by atoms with Crippen molar-refractivity contribution in [2.24, 2.45) is 0 Å². The predicted molar refractivity (Wildman–Crippen MR) is 122 cm³/mol. The van der Waals surface area contributed by atoms with Crippen molar-refractivity contribution in [3.63, 3.8) is 0 Å². The number of anilines is 1. The van der Waals surface area contributed by atoms with Crippen molar-refractivity contribution in [3.05, 3.63) is 29.6 Å². The molecule has 3 rings (SSSR count). The van der Waals surface area contributed by atoms with Crippen molar-refractivity contribution < 1.29 is 22.4 Å². The Bertz CT molecular complexity index is 932. The topological polar surface area (TPSA) is 90.0 Å². The molecule has 8 nitrogen and oxygen atoms in total. The molecular weight excluding hydrogens is 435 g/mol. The van der Waals surface area contributed by atoms with Crippen LogP contribution in [-0.2, 0) is 14.6 Å². The van der Waals surface area contributed by atoms with Crippen molar-refractivity contribution in [3.8, 4) is 0 Å². The van der Waals surface area contributed by atoms with Crippen LogP contribution in [0.1, 0.15) is 37.7 Å². The number of carbonyl (C=O) groups is 2. The second kappa shape index (κ2) is 10.6. The number of carbonyl (C=O) groups excluding carboxylic acids is 2. The third-order valence-electron chi connectivity index (χ3n) is 6.14. The van der Waals surface area contributed by atoms with Crippen molar-refractivity contribution in [2.45, 2.75) is 32.1 Å². The van der Waals surface area contributed by atoms with E-state index in [2.05, 4.69) is 10.2 Å². The lowest BCUT2D eigenvalue weighted by molar-refractivity contribution is -0.118. The van der Waals surface area contributed by atoms with E-state index in [0.717, 1.165) is 31.7 Å². The number of nitrogens with one attached hydrogen (secondary N) is 1. The molecule has 0 unspecified atom stereocenters. The van der Waals surface area contributed by atoms with Crippen molar-refractivity contribution in [1.29, 1.82) is 0 Å². The van der Waals surface area contributed by atoms with Gasteiger partial charge in [-0.1, -0.05) is 19.4 Å². The molecule has 10 heteroatoms. The van der Waals surface area contributed by atoms with E-state index in [1.54, 1.807) is 12.1 Å². The lowest BCUT2D eigenvalue weighted by Gasteiger charge is -2.34. The summed E-state index contributed by atoms with van der Waals surface area (Å²) in [6, 6.07) is 4.53. The molecule has 2 fully saturated rings. The average Bonchev–Trinajstić information content (AvgIpc) is 3.05. The number of unbranched alkanes of at least 4 members (excludes halogenated alkanes) is 2. The van der Waals surface area contributed by atoms with Crippen LogP contribution < -0.4 is 10.2 Å². The average molecular weight is 469 g/mol. The second-order valence-electron chi connectivity index (χ2n) is 8.85. The highest BCUT2D eigenvalue weighted by Crippen LogP contribution is 2.27. The third kappa shape index (κ3) is 6.65. The summed E-state index contributed by atoms with van der Waals surface area (Å²) in [6.07, 6.45) is 1.82. The van der Waals surface area contributed by atoms with Gasteiger partial charge in [-0.2, -0.15) is 0 Å². The summed E-state index contributed by atoms with van der Waals surface area (Å²) >= 11 is 0. The molecule has 32 heavy (non-hydrogen) atoms. The van der Waals surface area contributed by atoms with Crippen LogP contribution in [0.4, 0.5) is 14.9 Å². The molecule has 2 saturated heterocycles. The van der Waals surface area contributed by atoms with E-state index in [4.69, 9.17) is 0 Å². The van der Waals surface area contributed by atoms with Gasteiger partial charge >= 0.3 is 6.03 Å². The van der Waals surface area contributed by atoms with Gasteiger partial charge in [0.1, 0.15) is 12.4 Å². The van der Waals surface area contributed by atoms with Gasteiger partial charge in [-0.15, -0.1) is 0 Å². The number of benzene rings is 1. The van der Waals surface area contributed by atoms with E-state index in [-0.39, 0.29) is 41.7 Å². The van der Waals surface area contributed by atoms with Crippen LogP contribution >= 0.6 is 0 Å². The Kier molecular flexibility index (Phi) is 8.10. The molecule has 0 spiro atoms. The Balaban J connectivity index is 1.47. The van der Waals surface area contributed by atoms with Gasteiger partial charge in [0.05, 0.1) is 17.2 Å². The van der Waals surface area contributed by atoms with E-state index < -0.39 is 9.84 Å². The van der Waals surface area contributed by atoms with Gasteiger partial charge < -0.3 is 14.7 Å². The molecule has 0 aromatic heterocycles. The van der Waals surface area contributed by atoms with E-state index in [9.17, 15) is 22.4 Å². The van der Waals surface area contributed by atoms with Crippen LogP contribution in [-0.4, -0.2) is 88.0 Å². The fourth-order valence-electron chi connectivity index (χ4n) is 4.15. The number of likely N-dealkylation sites (N-methyl/N-ethyl adjacent to an activating group) is 1. The molecule has 2 heterocycles. The summed E-state index contributed by atoms with van der Waals surface area (Å²) in [5.41, 5.74) is 1.37. The molecular formula is C22H33FN4O4S. The molecule has 0 radical (unpaired) electrons. The van der Waals surface area contributed by atoms with Gasteiger partial charge in [0, 0.05) is 32.7 Å². The zero-order valence-corrected chi connectivity index (χ0v) is 19.7. The smallest absolute Gasteiger partial charge is 0.324 e. The predicted octanol–water partition coefficient (Wildman–Crippen LogP) is 1.82. The molecule has 0 aliphatic carbocycles. The van der Waals surface area contributed by atoms with E-state index >= 15 is 0 Å². The highest BCUT2D eigenvalue weighted by molar-refractivity contribution is 7.91. The number of hydrogen-bond acceptors (Lipinski definition) is 6. The summed E-state index contributed by atoms with van der Waals surface area (Å²) in [7, 11) is -1.22. The molecule has 2 aliphatic rings. The standard InChI is InChI=1S/C22H33FN4O4S/c1-17(18-6-7-19(23)20(14-18)26-11-9-25(2)10-12-26)16-32(30,31)13-5-3-4-8-27-15-21(28)24-22(27)29/h6-7,14,17H,3-5,8-13,15-16H2,1-2H3,(H,24,28,29)/t17-/m0/s1. The van der Waals surface area contributed by atoms with Crippen LogP contribution in [0.2, 0.25) is 0 Å².